The molecule has 0 saturated carbocycles. The van der Waals surface area contributed by atoms with E-state index in [2.05, 4.69) is 5.32 Å². The van der Waals surface area contributed by atoms with Gasteiger partial charge in [0.25, 0.3) is 0 Å². The third-order valence-corrected chi connectivity index (χ3v) is 7.90. The van der Waals surface area contributed by atoms with Crippen LogP contribution in [0.2, 0.25) is 0 Å². The van der Waals surface area contributed by atoms with Crippen molar-refractivity contribution in [1.82, 2.24) is 9.62 Å². The molecule has 174 valence electrons. The molecule has 7 nitrogen and oxygen atoms in total. The highest BCUT2D eigenvalue weighted by molar-refractivity contribution is 7.89. The van der Waals surface area contributed by atoms with Crippen LogP contribution in [0, 0.1) is 0 Å². The van der Waals surface area contributed by atoms with Gasteiger partial charge in [0.05, 0.1) is 19.1 Å². The summed E-state index contributed by atoms with van der Waals surface area (Å²) in [5.74, 6) is 1.01. The van der Waals surface area contributed by atoms with Crippen molar-refractivity contribution in [3.63, 3.8) is 0 Å². The number of methoxy groups -OCH3 is 2. The Morgan fingerprint density at radius 1 is 1.00 bits per heavy atom. The first-order valence-corrected chi connectivity index (χ1v) is 12.4. The van der Waals surface area contributed by atoms with E-state index in [9.17, 15) is 13.2 Å². The molecule has 0 aliphatic carbocycles. The first-order valence-electron chi connectivity index (χ1n) is 10.9. The van der Waals surface area contributed by atoms with E-state index in [-0.39, 0.29) is 10.8 Å². The smallest absolute Gasteiger partial charge is 0.243 e. The van der Waals surface area contributed by atoms with Gasteiger partial charge >= 0.3 is 0 Å². The summed E-state index contributed by atoms with van der Waals surface area (Å²) in [6, 6.07) is 17.6. The predicted molar refractivity (Wildman–Crippen MR) is 127 cm³/mol. The molecule has 1 aliphatic rings. The maximum Gasteiger partial charge on any atom is 0.243 e. The fourth-order valence-corrected chi connectivity index (χ4v) is 5.93. The van der Waals surface area contributed by atoms with Crippen molar-refractivity contribution in [2.24, 2.45) is 0 Å². The lowest BCUT2D eigenvalue weighted by Crippen LogP contribution is -2.46. The Balaban J connectivity index is 1.43. The van der Waals surface area contributed by atoms with Crippen LogP contribution >= 0.6 is 0 Å². The molecular formula is C25H28N2O5S. The Labute approximate surface area is 194 Å². The van der Waals surface area contributed by atoms with Crippen molar-refractivity contribution in [3.05, 3.63) is 66.2 Å². The molecule has 0 spiro atoms. The summed E-state index contributed by atoms with van der Waals surface area (Å²) in [7, 11) is -0.618. The Kier molecular flexibility index (Phi) is 6.85. The average Bonchev–Trinajstić information content (AvgIpc) is 3.34. The van der Waals surface area contributed by atoms with Crippen LogP contribution in [0.1, 0.15) is 18.4 Å². The molecule has 33 heavy (non-hydrogen) atoms. The van der Waals surface area contributed by atoms with Gasteiger partial charge in [-0.3, -0.25) is 4.79 Å². The van der Waals surface area contributed by atoms with Gasteiger partial charge in [0, 0.05) is 13.1 Å². The quantitative estimate of drug-likeness (QED) is 0.548. The van der Waals surface area contributed by atoms with Crippen molar-refractivity contribution in [3.8, 4) is 11.5 Å². The number of sulfonamides is 1. The van der Waals surface area contributed by atoms with Gasteiger partial charge in [-0.15, -0.1) is 0 Å². The number of hydrogen-bond acceptors (Lipinski definition) is 5. The summed E-state index contributed by atoms with van der Waals surface area (Å²) in [4.78, 5) is 13.1. The van der Waals surface area contributed by atoms with Crippen LogP contribution < -0.4 is 14.8 Å². The summed E-state index contributed by atoms with van der Waals surface area (Å²) in [5, 5.41) is 4.73. The van der Waals surface area contributed by atoms with E-state index < -0.39 is 16.1 Å². The van der Waals surface area contributed by atoms with E-state index in [4.69, 9.17) is 9.47 Å². The molecule has 1 fully saturated rings. The van der Waals surface area contributed by atoms with Gasteiger partial charge in [0.15, 0.2) is 11.5 Å². The van der Waals surface area contributed by atoms with Crippen molar-refractivity contribution >= 4 is 26.7 Å². The zero-order valence-corrected chi connectivity index (χ0v) is 19.6. The molecule has 3 aromatic carbocycles. The lowest BCUT2D eigenvalue weighted by molar-refractivity contribution is -0.124. The minimum absolute atomic E-state index is 0.214. The lowest BCUT2D eigenvalue weighted by atomic mass is 10.1. The molecule has 1 N–H and O–H groups in total. The molecule has 1 aliphatic heterocycles. The number of rotatable bonds is 8. The number of nitrogens with one attached hydrogen (secondary N) is 1. The summed E-state index contributed by atoms with van der Waals surface area (Å²) in [6.07, 6.45) is 1.76. The van der Waals surface area contributed by atoms with Gasteiger partial charge in [-0.2, -0.15) is 4.31 Å². The molecule has 1 atom stereocenters. The summed E-state index contributed by atoms with van der Waals surface area (Å²) < 4.78 is 38.6. The molecule has 4 rings (SSSR count). The SMILES string of the molecule is COc1ccc(CCNC(=O)C2CCCN2S(=O)(=O)c2ccc3ccccc3c2)cc1OC. The number of carbonyl (C=O) groups excluding carboxylic acids is 1. The second-order valence-electron chi connectivity index (χ2n) is 8.01. The molecule has 1 heterocycles. The van der Waals surface area contributed by atoms with E-state index in [0.717, 1.165) is 16.3 Å². The number of nitrogens with zero attached hydrogens (tertiary/aromatic N) is 1. The normalized spacial score (nSPS) is 16.6. The van der Waals surface area contributed by atoms with Crippen LogP contribution in [0.5, 0.6) is 11.5 Å². The van der Waals surface area contributed by atoms with Gasteiger partial charge < -0.3 is 14.8 Å². The zero-order valence-electron chi connectivity index (χ0n) is 18.8. The molecule has 0 bridgehead atoms. The fraction of sp³-hybridized carbons (Fsp3) is 0.320. The first-order chi connectivity index (χ1) is 15.9. The molecule has 1 saturated heterocycles. The van der Waals surface area contributed by atoms with Gasteiger partial charge in [0.1, 0.15) is 6.04 Å². The van der Waals surface area contributed by atoms with Crippen molar-refractivity contribution in [1.29, 1.82) is 0 Å². The van der Waals surface area contributed by atoms with Crippen LogP contribution in [-0.4, -0.2) is 52.0 Å². The number of fused-ring (bicyclic) bond motifs is 1. The number of ether oxygens (including phenoxy) is 2. The second kappa shape index (κ2) is 9.80. The van der Waals surface area contributed by atoms with Gasteiger partial charge in [-0.1, -0.05) is 36.4 Å². The maximum absolute atomic E-state index is 13.3. The van der Waals surface area contributed by atoms with Crippen LogP contribution in [0.15, 0.2) is 65.6 Å². The molecule has 1 amide bonds. The Morgan fingerprint density at radius 2 is 1.76 bits per heavy atom. The molecule has 8 heteroatoms. The van der Waals surface area contributed by atoms with Gasteiger partial charge in [-0.25, -0.2) is 8.42 Å². The summed E-state index contributed by atoms with van der Waals surface area (Å²) in [6.45, 7) is 0.734. The Hall–Kier alpha value is -3.10. The predicted octanol–water partition coefficient (Wildman–Crippen LogP) is 3.37. The number of amides is 1. The fourth-order valence-electron chi connectivity index (χ4n) is 4.24. The highest BCUT2D eigenvalue weighted by atomic mass is 32.2. The van der Waals surface area contributed by atoms with Crippen LogP contribution in [-0.2, 0) is 21.2 Å². The van der Waals surface area contributed by atoms with E-state index in [1.54, 1.807) is 32.4 Å². The third kappa shape index (κ3) is 4.82. The average molecular weight is 469 g/mol. The maximum atomic E-state index is 13.3. The molecule has 3 aromatic rings. The highest BCUT2D eigenvalue weighted by Crippen LogP contribution is 2.29. The molecular weight excluding hydrogens is 440 g/mol. The molecule has 0 radical (unpaired) electrons. The second-order valence-corrected chi connectivity index (χ2v) is 9.90. The highest BCUT2D eigenvalue weighted by Gasteiger charge is 2.39. The van der Waals surface area contributed by atoms with Crippen molar-refractivity contribution < 1.29 is 22.7 Å². The van der Waals surface area contributed by atoms with Gasteiger partial charge in [-0.05, 0) is 59.9 Å². The molecule has 1 unspecified atom stereocenters. The first kappa shape index (κ1) is 23.1. The monoisotopic (exact) mass is 468 g/mol. The largest absolute Gasteiger partial charge is 0.493 e. The minimum Gasteiger partial charge on any atom is -0.493 e. The lowest BCUT2D eigenvalue weighted by Gasteiger charge is -2.23. The van der Waals surface area contributed by atoms with E-state index in [1.807, 2.05) is 42.5 Å². The van der Waals surface area contributed by atoms with Crippen molar-refractivity contribution in [2.45, 2.75) is 30.2 Å². The topological polar surface area (TPSA) is 84.9 Å². The molecule has 0 aromatic heterocycles. The van der Waals surface area contributed by atoms with E-state index in [1.165, 1.54) is 4.31 Å². The summed E-state index contributed by atoms with van der Waals surface area (Å²) in [5.41, 5.74) is 0.986. The standard InChI is InChI=1S/C25H28N2O5S/c1-31-23-12-9-18(16-24(23)32-2)13-14-26-25(28)22-8-5-15-27(22)33(29,30)21-11-10-19-6-3-4-7-20(19)17-21/h3-4,6-7,9-12,16-17,22H,5,8,13-15H2,1-2H3,(H,26,28). The zero-order chi connectivity index (χ0) is 23.4. The number of carbonyl (C=O) groups is 1. The Bertz CT molecular complexity index is 1260. The number of hydrogen-bond donors (Lipinski definition) is 1. The van der Waals surface area contributed by atoms with Crippen LogP contribution in [0.3, 0.4) is 0 Å². The summed E-state index contributed by atoms with van der Waals surface area (Å²) >= 11 is 0. The van der Waals surface area contributed by atoms with Crippen molar-refractivity contribution in [2.75, 3.05) is 27.3 Å². The minimum atomic E-state index is -3.78. The van der Waals surface area contributed by atoms with E-state index >= 15 is 0 Å². The Morgan fingerprint density at radius 3 is 2.52 bits per heavy atom. The van der Waals surface area contributed by atoms with E-state index in [0.29, 0.717) is 43.9 Å². The van der Waals surface area contributed by atoms with Gasteiger partial charge in [0.2, 0.25) is 15.9 Å². The third-order valence-electron chi connectivity index (χ3n) is 5.99. The number of benzene rings is 3. The van der Waals surface area contributed by atoms with Crippen LogP contribution in [0.25, 0.3) is 10.8 Å². The van der Waals surface area contributed by atoms with Crippen LogP contribution in [0.4, 0.5) is 0 Å².